The van der Waals surface area contributed by atoms with E-state index in [0.29, 0.717) is 0 Å². The number of hydrazone groups is 1. The molecular formula is C16H14N4O2. The number of nitrogens with one attached hydrogen (secondary N) is 2. The van der Waals surface area contributed by atoms with Gasteiger partial charge in [0.15, 0.2) is 11.5 Å². The minimum absolute atomic E-state index is 0.248. The second-order valence-corrected chi connectivity index (χ2v) is 5.03. The average molecular weight is 294 g/mol. The van der Waals surface area contributed by atoms with Crippen molar-refractivity contribution in [3.8, 4) is 11.5 Å². The van der Waals surface area contributed by atoms with E-state index in [1.54, 1.807) is 6.21 Å². The molecule has 1 aliphatic heterocycles. The van der Waals surface area contributed by atoms with Crippen LogP contribution in [0.4, 0.5) is 5.69 Å². The first kappa shape index (κ1) is 12.7. The van der Waals surface area contributed by atoms with Crippen molar-refractivity contribution in [2.45, 2.75) is 6.92 Å². The number of aromatic amines is 1. The van der Waals surface area contributed by atoms with E-state index in [-0.39, 0.29) is 6.79 Å². The maximum atomic E-state index is 5.43. The number of hydrogen-bond acceptors (Lipinski definition) is 5. The van der Waals surface area contributed by atoms with Crippen molar-refractivity contribution < 1.29 is 9.47 Å². The number of benzene rings is 1. The van der Waals surface area contributed by atoms with Crippen LogP contribution in [0.25, 0.3) is 10.9 Å². The maximum Gasteiger partial charge on any atom is 0.231 e. The van der Waals surface area contributed by atoms with Gasteiger partial charge in [0.25, 0.3) is 0 Å². The summed E-state index contributed by atoms with van der Waals surface area (Å²) in [5, 5.41) is 5.21. The van der Waals surface area contributed by atoms with Gasteiger partial charge in [-0.3, -0.25) is 10.4 Å². The van der Waals surface area contributed by atoms with Gasteiger partial charge in [-0.05, 0) is 31.2 Å². The predicted octanol–water partition coefficient (Wildman–Crippen LogP) is 3.05. The normalized spacial score (nSPS) is 13.1. The van der Waals surface area contributed by atoms with Crippen LogP contribution in [0.1, 0.15) is 11.4 Å². The third-order valence-electron chi connectivity index (χ3n) is 3.44. The Morgan fingerprint density at radius 2 is 2.14 bits per heavy atom. The molecule has 0 unspecified atom stereocenters. The lowest BCUT2D eigenvalue weighted by molar-refractivity contribution is 0.174. The highest BCUT2D eigenvalue weighted by atomic mass is 16.7. The molecule has 3 aromatic rings. The van der Waals surface area contributed by atoms with Crippen molar-refractivity contribution in [1.82, 2.24) is 9.97 Å². The summed E-state index contributed by atoms with van der Waals surface area (Å²) in [4.78, 5) is 7.61. The first-order valence-electron chi connectivity index (χ1n) is 6.93. The fourth-order valence-electron chi connectivity index (χ4n) is 2.44. The average Bonchev–Trinajstić information content (AvgIpc) is 3.15. The maximum absolute atomic E-state index is 5.43. The molecular weight excluding hydrogens is 280 g/mol. The Bertz CT molecular complexity index is 856. The van der Waals surface area contributed by atoms with Crippen LogP contribution >= 0.6 is 0 Å². The SMILES string of the molecule is Cc1cc(N/N=C/c2ccc[nH]2)c2cc3c(cc2n1)OCO3. The van der Waals surface area contributed by atoms with Crippen LogP contribution in [0.15, 0.2) is 41.6 Å². The van der Waals surface area contributed by atoms with Gasteiger partial charge in [-0.2, -0.15) is 5.10 Å². The third-order valence-corrected chi connectivity index (χ3v) is 3.44. The Hall–Kier alpha value is -3.02. The van der Waals surface area contributed by atoms with E-state index in [1.165, 1.54) is 0 Å². The van der Waals surface area contributed by atoms with Crippen molar-refractivity contribution in [3.05, 3.63) is 47.9 Å². The lowest BCUT2D eigenvalue weighted by atomic mass is 10.1. The molecule has 0 spiro atoms. The van der Waals surface area contributed by atoms with Gasteiger partial charge in [-0.15, -0.1) is 0 Å². The van der Waals surface area contributed by atoms with E-state index < -0.39 is 0 Å². The lowest BCUT2D eigenvalue weighted by Crippen LogP contribution is -1.95. The molecule has 110 valence electrons. The molecule has 3 heterocycles. The molecule has 0 radical (unpaired) electrons. The Morgan fingerprint density at radius 1 is 1.27 bits per heavy atom. The number of aryl methyl sites for hydroxylation is 1. The van der Waals surface area contributed by atoms with E-state index >= 15 is 0 Å². The Labute approximate surface area is 126 Å². The van der Waals surface area contributed by atoms with Gasteiger partial charge in [0.1, 0.15) is 0 Å². The smallest absolute Gasteiger partial charge is 0.231 e. The summed E-state index contributed by atoms with van der Waals surface area (Å²) in [6.45, 7) is 2.20. The highest BCUT2D eigenvalue weighted by molar-refractivity contribution is 5.94. The van der Waals surface area contributed by atoms with E-state index in [9.17, 15) is 0 Å². The number of nitrogens with zero attached hydrogens (tertiary/aromatic N) is 2. The van der Waals surface area contributed by atoms with Crippen LogP contribution in [0.3, 0.4) is 0 Å². The molecule has 4 rings (SSSR count). The minimum Gasteiger partial charge on any atom is -0.454 e. The van der Waals surface area contributed by atoms with Gasteiger partial charge in [-0.1, -0.05) is 0 Å². The zero-order valence-corrected chi connectivity index (χ0v) is 12.0. The number of hydrogen-bond donors (Lipinski definition) is 2. The molecule has 0 saturated carbocycles. The summed E-state index contributed by atoms with van der Waals surface area (Å²) >= 11 is 0. The van der Waals surface area contributed by atoms with Crippen molar-refractivity contribution in [3.63, 3.8) is 0 Å². The second kappa shape index (κ2) is 5.07. The molecule has 0 amide bonds. The number of ether oxygens (including phenoxy) is 2. The number of aromatic nitrogens is 2. The van der Waals surface area contributed by atoms with E-state index in [1.807, 2.05) is 43.5 Å². The van der Waals surface area contributed by atoms with E-state index in [4.69, 9.17) is 9.47 Å². The molecule has 0 fully saturated rings. The fourth-order valence-corrected chi connectivity index (χ4v) is 2.44. The lowest BCUT2D eigenvalue weighted by Gasteiger charge is -2.08. The molecule has 6 heteroatoms. The van der Waals surface area contributed by atoms with Crippen LogP contribution < -0.4 is 14.9 Å². The van der Waals surface area contributed by atoms with Crippen LogP contribution in [0.5, 0.6) is 11.5 Å². The van der Waals surface area contributed by atoms with E-state index in [2.05, 4.69) is 20.5 Å². The summed E-state index contributed by atoms with van der Waals surface area (Å²) in [7, 11) is 0. The number of rotatable bonds is 3. The van der Waals surface area contributed by atoms with Gasteiger partial charge >= 0.3 is 0 Å². The summed E-state index contributed by atoms with van der Waals surface area (Å²) in [5.41, 5.74) is 6.64. The summed E-state index contributed by atoms with van der Waals surface area (Å²) in [6, 6.07) is 9.64. The highest BCUT2D eigenvalue weighted by Crippen LogP contribution is 2.38. The zero-order chi connectivity index (χ0) is 14.9. The van der Waals surface area contributed by atoms with E-state index in [0.717, 1.165) is 39.5 Å². The minimum atomic E-state index is 0.248. The monoisotopic (exact) mass is 294 g/mol. The molecule has 1 aliphatic rings. The van der Waals surface area contributed by atoms with Gasteiger partial charge in [0.2, 0.25) is 6.79 Å². The van der Waals surface area contributed by atoms with Crippen molar-refractivity contribution in [2.24, 2.45) is 5.10 Å². The van der Waals surface area contributed by atoms with Gasteiger partial charge in [-0.25, -0.2) is 0 Å². The molecule has 0 atom stereocenters. The molecule has 2 N–H and O–H groups in total. The van der Waals surface area contributed by atoms with Gasteiger partial charge in [0.05, 0.1) is 23.1 Å². The standard InChI is InChI=1S/C16H14N4O2/c1-10-5-14(20-18-8-11-3-2-4-17-11)12-6-15-16(22-9-21-15)7-13(12)19-10/h2-8,17H,9H2,1H3,(H,19,20)/b18-8+. The quantitative estimate of drug-likeness (QED) is 0.575. The molecule has 6 nitrogen and oxygen atoms in total. The van der Waals surface area contributed by atoms with Crippen LogP contribution in [0.2, 0.25) is 0 Å². The number of anilines is 1. The topological polar surface area (TPSA) is 71.5 Å². The number of H-pyrrole nitrogens is 1. The predicted molar refractivity (Wildman–Crippen MR) is 84.6 cm³/mol. The van der Waals surface area contributed by atoms with Gasteiger partial charge in [0, 0.05) is 23.3 Å². The largest absolute Gasteiger partial charge is 0.454 e. The number of fused-ring (bicyclic) bond motifs is 2. The van der Waals surface area contributed by atoms with Crippen LogP contribution in [-0.4, -0.2) is 23.0 Å². The molecule has 1 aromatic carbocycles. The molecule has 0 bridgehead atoms. The van der Waals surface area contributed by atoms with Crippen molar-refractivity contribution >= 4 is 22.8 Å². The Morgan fingerprint density at radius 3 is 2.95 bits per heavy atom. The zero-order valence-electron chi connectivity index (χ0n) is 12.0. The second-order valence-electron chi connectivity index (χ2n) is 5.03. The molecule has 2 aromatic heterocycles. The molecule has 0 aliphatic carbocycles. The molecule has 0 saturated heterocycles. The molecule has 22 heavy (non-hydrogen) atoms. The van der Waals surface area contributed by atoms with Crippen LogP contribution in [0, 0.1) is 6.92 Å². The fraction of sp³-hybridized carbons (Fsp3) is 0.125. The Kier molecular flexibility index (Phi) is 2.93. The van der Waals surface area contributed by atoms with Gasteiger partial charge < -0.3 is 14.5 Å². The summed E-state index contributed by atoms with van der Waals surface area (Å²) in [5.74, 6) is 1.46. The summed E-state index contributed by atoms with van der Waals surface area (Å²) in [6.07, 6.45) is 3.59. The number of pyridine rings is 1. The van der Waals surface area contributed by atoms with Crippen LogP contribution in [-0.2, 0) is 0 Å². The first-order valence-corrected chi connectivity index (χ1v) is 6.93. The third kappa shape index (κ3) is 2.24. The summed E-state index contributed by atoms with van der Waals surface area (Å²) < 4.78 is 10.8. The Balaban J connectivity index is 1.73. The van der Waals surface area contributed by atoms with Crippen molar-refractivity contribution in [1.29, 1.82) is 0 Å². The first-order chi connectivity index (χ1) is 10.8. The highest BCUT2D eigenvalue weighted by Gasteiger charge is 2.16. The van der Waals surface area contributed by atoms with Crippen molar-refractivity contribution in [2.75, 3.05) is 12.2 Å².